The van der Waals surface area contributed by atoms with Crippen LogP contribution in [0.4, 0.5) is 5.69 Å². The Hall–Kier alpha value is -1.91. The molecule has 0 aliphatic heterocycles. The number of anilines is 1. The second-order valence-electron chi connectivity index (χ2n) is 4.84. The molecule has 0 atom stereocenters. The van der Waals surface area contributed by atoms with E-state index in [0.29, 0.717) is 0 Å². The van der Waals surface area contributed by atoms with E-state index in [1.54, 1.807) is 6.20 Å². The Morgan fingerprint density at radius 1 is 1.16 bits per heavy atom. The number of nitrogens with two attached hydrogens (primary N) is 1. The van der Waals surface area contributed by atoms with Crippen LogP contribution in [0.25, 0.3) is 0 Å². The van der Waals surface area contributed by atoms with Crippen LogP contribution in [0.1, 0.15) is 16.8 Å². The van der Waals surface area contributed by atoms with Gasteiger partial charge in [0, 0.05) is 19.3 Å². The van der Waals surface area contributed by atoms with Gasteiger partial charge in [0.25, 0.3) is 0 Å². The van der Waals surface area contributed by atoms with Gasteiger partial charge in [-0.1, -0.05) is 29.8 Å². The van der Waals surface area contributed by atoms with Crippen LogP contribution in [0.3, 0.4) is 0 Å². The third-order valence-corrected chi connectivity index (χ3v) is 2.99. The van der Waals surface area contributed by atoms with E-state index in [4.69, 9.17) is 5.84 Å². The van der Waals surface area contributed by atoms with Crippen LogP contribution in [0, 0.1) is 6.92 Å². The van der Waals surface area contributed by atoms with Crippen molar-refractivity contribution < 1.29 is 0 Å². The van der Waals surface area contributed by atoms with Crippen LogP contribution in [0.2, 0.25) is 0 Å². The zero-order valence-electron chi connectivity index (χ0n) is 11.4. The van der Waals surface area contributed by atoms with E-state index >= 15 is 0 Å². The number of nitrogens with one attached hydrogen (secondary N) is 1. The zero-order chi connectivity index (χ0) is 13.7. The Balaban J connectivity index is 1.96. The van der Waals surface area contributed by atoms with Gasteiger partial charge in [0.1, 0.15) is 0 Å². The lowest BCUT2D eigenvalue weighted by molar-refractivity contribution is 0.315. The molecule has 0 amide bonds. The summed E-state index contributed by atoms with van der Waals surface area (Å²) in [4.78, 5) is 6.58. The predicted octanol–water partition coefficient (Wildman–Crippen LogP) is 2.31. The molecule has 0 radical (unpaired) electrons. The maximum absolute atomic E-state index is 5.40. The molecule has 0 unspecified atom stereocenters. The highest BCUT2D eigenvalue weighted by Crippen LogP contribution is 2.11. The number of hydrogen-bond donors (Lipinski definition) is 2. The van der Waals surface area contributed by atoms with E-state index in [2.05, 4.69) is 53.5 Å². The van der Waals surface area contributed by atoms with Gasteiger partial charge in [-0.2, -0.15) is 0 Å². The first-order valence-corrected chi connectivity index (χ1v) is 6.33. The minimum Gasteiger partial charge on any atom is -0.324 e. The number of hydrogen-bond acceptors (Lipinski definition) is 4. The summed E-state index contributed by atoms with van der Waals surface area (Å²) in [7, 11) is 2.09. The quantitative estimate of drug-likeness (QED) is 0.636. The fourth-order valence-electron chi connectivity index (χ4n) is 1.99. The van der Waals surface area contributed by atoms with Crippen LogP contribution >= 0.6 is 0 Å². The van der Waals surface area contributed by atoms with Crippen molar-refractivity contribution in [3.05, 3.63) is 59.4 Å². The van der Waals surface area contributed by atoms with E-state index in [1.807, 2.05) is 12.1 Å². The summed E-state index contributed by atoms with van der Waals surface area (Å²) < 4.78 is 0. The van der Waals surface area contributed by atoms with E-state index < -0.39 is 0 Å². The van der Waals surface area contributed by atoms with Crippen LogP contribution in [-0.2, 0) is 13.1 Å². The first-order valence-electron chi connectivity index (χ1n) is 6.33. The maximum atomic E-state index is 5.40. The predicted molar refractivity (Wildman–Crippen MR) is 78.4 cm³/mol. The van der Waals surface area contributed by atoms with Gasteiger partial charge in [0.2, 0.25) is 0 Å². The second kappa shape index (κ2) is 6.31. The molecule has 0 spiro atoms. The van der Waals surface area contributed by atoms with Gasteiger partial charge in [0.15, 0.2) is 0 Å². The molecule has 100 valence electrons. The summed E-state index contributed by atoms with van der Waals surface area (Å²) in [5.41, 5.74) is 7.12. The molecular weight excluding hydrogens is 236 g/mol. The number of hydrazine groups is 1. The van der Waals surface area contributed by atoms with Gasteiger partial charge >= 0.3 is 0 Å². The minimum absolute atomic E-state index is 0.795. The average Bonchev–Trinajstić information content (AvgIpc) is 2.41. The molecule has 4 heteroatoms. The molecule has 19 heavy (non-hydrogen) atoms. The lowest BCUT2D eigenvalue weighted by Crippen LogP contribution is -2.18. The largest absolute Gasteiger partial charge is 0.324 e. The first kappa shape index (κ1) is 13.5. The summed E-state index contributed by atoms with van der Waals surface area (Å²) in [6.07, 6.45) is 1.77. The topological polar surface area (TPSA) is 54.2 Å². The van der Waals surface area contributed by atoms with Crippen molar-refractivity contribution in [2.24, 2.45) is 5.84 Å². The fourth-order valence-corrected chi connectivity index (χ4v) is 1.99. The van der Waals surface area contributed by atoms with Gasteiger partial charge < -0.3 is 5.43 Å². The highest BCUT2D eigenvalue weighted by atomic mass is 15.2. The number of rotatable bonds is 5. The molecule has 0 fully saturated rings. The molecule has 1 aromatic carbocycles. The van der Waals surface area contributed by atoms with Crippen molar-refractivity contribution in [1.82, 2.24) is 9.88 Å². The van der Waals surface area contributed by atoms with Gasteiger partial charge in [-0.05, 0) is 31.7 Å². The highest BCUT2D eigenvalue weighted by Gasteiger charge is 2.03. The monoisotopic (exact) mass is 256 g/mol. The standard InChI is InChI=1S/C15H20N4/c1-12-3-5-13(6-4-12)10-19(2)11-15-9-14(18-16)7-8-17-15/h3-9H,10-11,16H2,1-2H3,(H,17,18). The van der Waals surface area contributed by atoms with Crippen molar-refractivity contribution in [1.29, 1.82) is 0 Å². The first-order chi connectivity index (χ1) is 9.17. The molecule has 4 nitrogen and oxygen atoms in total. The minimum atomic E-state index is 0.795. The van der Waals surface area contributed by atoms with Crippen molar-refractivity contribution in [3.63, 3.8) is 0 Å². The Morgan fingerprint density at radius 2 is 1.89 bits per heavy atom. The number of aromatic nitrogens is 1. The molecule has 0 aliphatic carbocycles. The van der Waals surface area contributed by atoms with Crippen LogP contribution in [0.5, 0.6) is 0 Å². The van der Waals surface area contributed by atoms with Crippen molar-refractivity contribution in [2.45, 2.75) is 20.0 Å². The van der Waals surface area contributed by atoms with Crippen molar-refractivity contribution >= 4 is 5.69 Å². The molecule has 2 aromatic rings. The summed E-state index contributed by atoms with van der Waals surface area (Å²) in [5.74, 6) is 5.40. The Bertz CT molecular complexity index is 522. The maximum Gasteiger partial charge on any atom is 0.0564 e. The van der Waals surface area contributed by atoms with E-state index in [-0.39, 0.29) is 0 Å². The van der Waals surface area contributed by atoms with Gasteiger partial charge in [-0.3, -0.25) is 15.7 Å². The summed E-state index contributed by atoms with van der Waals surface area (Å²) in [5, 5.41) is 0. The van der Waals surface area contributed by atoms with Gasteiger partial charge in [-0.15, -0.1) is 0 Å². The number of benzene rings is 1. The fraction of sp³-hybridized carbons (Fsp3) is 0.267. The van der Waals surface area contributed by atoms with Gasteiger partial charge in [0.05, 0.1) is 11.4 Å². The number of nitrogens with zero attached hydrogens (tertiary/aromatic N) is 2. The summed E-state index contributed by atoms with van der Waals surface area (Å²) in [6.45, 7) is 3.80. The number of nitrogen functional groups attached to an aromatic ring is 1. The summed E-state index contributed by atoms with van der Waals surface area (Å²) in [6, 6.07) is 12.4. The van der Waals surface area contributed by atoms with Crippen molar-refractivity contribution in [2.75, 3.05) is 12.5 Å². The lowest BCUT2D eigenvalue weighted by Gasteiger charge is -2.16. The molecule has 3 N–H and O–H groups in total. The average molecular weight is 256 g/mol. The second-order valence-corrected chi connectivity index (χ2v) is 4.84. The highest BCUT2D eigenvalue weighted by molar-refractivity contribution is 5.41. The molecule has 1 aromatic heterocycles. The molecule has 1 heterocycles. The Kier molecular flexibility index (Phi) is 4.49. The normalized spacial score (nSPS) is 10.7. The SMILES string of the molecule is Cc1ccc(CN(C)Cc2cc(NN)ccn2)cc1. The Morgan fingerprint density at radius 3 is 2.58 bits per heavy atom. The third kappa shape index (κ3) is 4.05. The lowest BCUT2D eigenvalue weighted by atomic mass is 10.1. The zero-order valence-corrected chi connectivity index (χ0v) is 11.4. The molecule has 0 bridgehead atoms. The van der Waals surface area contributed by atoms with Crippen LogP contribution in [-0.4, -0.2) is 16.9 Å². The number of pyridine rings is 1. The smallest absolute Gasteiger partial charge is 0.0564 e. The molecule has 0 saturated carbocycles. The van der Waals surface area contributed by atoms with Gasteiger partial charge in [-0.25, -0.2) is 0 Å². The molecule has 2 rings (SSSR count). The summed E-state index contributed by atoms with van der Waals surface area (Å²) >= 11 is 0. The van der Waals surface area contributed by atoms with E-state index in [9.17, 15) is 0 Å². The molecule has 0 aliphatic rings. The van der Waals surface area contributed by atoms with Crippen molar-refractivity contribution in [3.8, 4) is 0 Å². The Labute approximate surface area is 114 Å². The third-order valence-electron chi connectivity index (χ3n) is 2.99. The van der Waals surface area contributed by atoms with Crippen LogP contribution in [0.15, 0.2) is 42.6 Å². The van der Waals surface area contributed by atoms with E-state index in [1.165, 1.54) is 11.1 Å². The van der Waals surface area contributed by atoms with Crippen LogP contribution < -0.4 is 11.3 Å². The van der Waals surface area contributed by atoms with E-state index in [0.717, 1.165) is 24.5 Å². The molecule has 0 saturated heterocycles. The molecular formula is C15H20N4. The number of aryl methyl sites for hydroxylation is 1.